The summed E-state index contributed by atoms with van der Waals surface area (Å²) in [5.41, 5.74) is 4.66. The molecule has 0 bridgehead atoms. The number of benzene rings is 2. The normalized spacial score (nSPS) is 17.0. The molecule has 7 heteroatoms. The molecule has 2 fully saturated rings. The molecule has 2 aliphatic rings. The molecule has 0 spiro atoms. The highest BCUT2D eigenvalue weighted by molar-refractivity contribution is 5.64. The first-order valence-electron chi connectivity index (χ1n) is 12.1. The number of rotatable bonds is 8. The summed E-state index contributed by atoms with van der Waals surface area (Å²) in [5, 5.41) is 9.69. The molecule has 2 saturated heterocycles. The molecule has 5 rings (SSSR count). The van der Waals surface area contributed by atoms with Crippen molar-refractivity contribution in [3.05, 3.63) is 77.2 Å². The lowest BCUT2D eigenvalue weighted by Gasteiger charge is -2.38. The van der Waals surface area contributed by atoms with Crippen LogP contribution < -0.4 is 4.74 Å². The summed E-state index contributed by atoms with van der Waals surface area (Å²) in [6, 6.07) is 18.5. The van der Waals surface area contributed by atoms with E-state index in [4.69, 9.17) is 19.2 Å². The zero-order valence-corrected chi connectivity index (χ0v) is 20.0. The van der Waals surface area contributed by atoms with Crippen molar-refractivity contribution in [2.75, 3.05) is 33.4 Å². The largest absolute Gasteiger partial charge is 0.489 e. The van der Waals surface area contributed by atoms with Crippen LogP contribution in [0.1, 0.15) is 35.4 Å². The van der Waals surface area contributed by atoms with Crippen LogP contribution in [0.5, 0.6) is 5.75 Å². The van der Waals surface area contributed by atoms with E-state index in [0.717, 1.165) is 49.6 Å². The SMILES string of the molecule is COC1CN(Cc2ccc(Cc3nccc(-c4ccc(OC5CCOCC5)c(C#N)c4)n3)cc2)C1. The van der Waals surface area contributed by atoms with Crippen LogP contribution in [0.3, 0.4) is 0 Å². The monoisotopic (exact) mass is 470 g/mol. The Morgan fingerprint density at radius 1 is 1.03 bits per heavy atom. The van der Waals surface area contributed by atoms with E-state index >= 15 is 0 Å². The Morgan fingerprint density at radius 2 is 1.80 bits per heavy atom. The lowest BCUT2D eigenvalue weighted by molar-refractivity contribution is -0.0334. The van der Waals surface area contributed by atoms with Crippen molar-refractivity contribution in [1.29, 1.82) is 5.26 Å². The Morgan fingerprint density at radius 3 is 2.54 bits per heavy atom. The summed E-state index contributed by atoms with van der Waals surface area (Å²) in [6.07, 6.45) is 4.58. The number of likely N-dealkylation sites (tertiary alicyclic amines) is 1. The summed E-state index contributed by atoms with van der Waals surface area (Å²) >= 11 is 0. The van der Waals surface area contributed by atoms with Crippen LogP contribution in [0.25, 0.3) is 11.3 Å². The molecule has 2 aromatic carbocycles. The number of ether oxygens (including phenoxy) is 3. The lowest BCUT2D eigenvalue weighted by Crippen LogP contribution is -2.50. The van der Waals surface area contributed by atoms with Crippen molar-refractivity contribution in [1.82, 2.24) is 14.9 Å². The summed E-state index contributed by atoms with van der Waals surface area (Å²) < 4.78 is 16.8. The fourth-order valence-corrected chi connectivity index (χ4v) is 4.50. The third-order valence-electron chi connectivity index (χ3n) is 6.61. The van der Waals surface area contributed by atoms with Crippen LogP contribution in [-0.2, 0) is 22.4 Å². The molecule has 0 saturated carbocycles. The molecule has 1 aromatic heterocycles. The van der Waals surface area contributed by atoms with E-state index in [2.05, 4.69) is 40.2 Å². The third kappa shape index (κ3) is 5.85. The van der Waals surface area contributed by atoms with Gasteiger partial charge in [-0.05, 0) is 35.4 Å². The van der Waals surface area contributed by atoms with Gasteiger partial charge in [-0.25, -0.2) is 9.97 Å². The predicted octanol–water partition coefficient (Wildman–Crippen LogP) is 3.99. The molecule has 35 heavy (non-hydrogen) atoms. The zero-order chi connectivity index (χ0) is 24.0. The van der Waals surface area contributed by atoms with Crippen molar-refractivity contribution in [2.24, 2.45) is 0 Å². The van der Waals surface area contributed by atoms with Gasteiger partial charge in [-0.1, -0.05) is 24.3 Å². The van der Waals surface area contributed by atoms with Crippen LogP contribution in [0.4, 0.5) is 0 Å². The second kappa shape index (κ2) is 11.0. The Hall–Kier alpha value is -3.31. The molecule has 0 aliphatic carbocycles. The second-order valence-electron chi connectivity index (χ2n) is 9.16. The van der Waals surface area contributed by atoms with Crippen LogP contribution in [0.15, 0.2) is 54.7 Å². The first-order chi connectivity index (χ1) is 17.2. The van der Waals surface area contributed by atoms with Crippen LogP contribution in [-0.4, -0.2) is 60.5 Å². The van der Waals surface area contributed by atoms with Crippen LogP contribution >= 0.6 is 0 Å². The van der Waals surface area contributed by atoms with E-state index < -0.39 is 0 Å². The van der Waals surface area contributed by atoms with Gasteiger partial charge in [0.2, 0.25) is 0 Å². The quantitative estimate of drug-likeness (QED) is 0.492. The Bertz CT molecular complexity index is 1180. The number of aromatic nitrogens is 2. The van der Waals surface area contributed by atoms with E-state index in [-0.39, 0.29) is 6.10 Å². The maximum Gasteiger partial charge on any atom is 0.137 e. The first-order valence-corrected chi connectivity index (χ1v) is 12.1. The average Bonchev–Trinajstić information content (AvgIpc) is 2.88. The van der Waals surface area contributed by atoms with E-state index in [9.17, 15) is 5.26 Å². The molecular formula is C28H30N4O3. The van der Waals surface area contributed by atoms with Crippen LogP contribution in [0.2, 0.25) is 0 Å². The van der Waals surface area contributed by atoms with Gasteiger partial charge in [0.15, 0.2) is 0 Å². The summed E-state index contributed by atoms with van der Waals surface area (Å²) in [5.74, 6) is 1.37. The van der Waals surface area contributed by atoms with Gasteiger partial charge < -0.3 is 14.2 Å². The molecule has 7 nitrogen and oxygen atoms in total. The summed E-state index contributed by atoms with van der Waals surface area (Å²) in [4.78, 5) is 11.6. The van der Waals surface area contributed by atoms with Gasteiger partial charge >= 0.3 is 0 Å². The smallest absolute Gasteiger partial charge is 0.137 e. The summed E-state index contributed by atoms with van der Waals surface area (Å²) in [6.45, 7) is 4.33. The molecule has 2 aliphatic heterocycles. The van der Waals surface area contributed by atoms with E-state index in [1.807, 2.05) is 24.3 Å². The number of methoxy groups -OCH3 is 1. The lowest BCUT2D eigenvalue weighted by atomic mass is 10.1. The molecule has 0 amide bonds. The van der Waals surface area contributed by atoms with Gasteiger partial charge in [-0.2, -0.15) is 5.26 Å². The van der Waals surface area contributed by atoms with Crippen molar-refractivity contribution >= 4 is 0 Å². The standard InChI is InChI=1S/C28H30N4O3/c1-33-25-18-32(19-25)17-21-4-2-20(3-5-21)14-28-30-11-8-26(31-28)22-6-7-27(23(15-22)16-29)35-24-9-12-34-13-10-24/h2-8,11,15,24-25H,9-10,12-14,17-19H2,1H3. The molecule has 0 atom stereocenters. The van der Waals surface area contributed by atoms with Crippen molar-refractivity contribution < 1.29 is 14.2 Å². The van der Waals surface area contributed by atoms with Crippen molar-refractivity contribution in [3.63, 3.8) is 0 Å². The maximum absolute atomic E-state index is 9.69. The minimum Gasteiger partial charge on any atom is -0.489 e. The molecule has 3 aromatic rings. The molecule has 180 valence electrons. The zero-order valence-electron chi connectivity index (χ0n) is 20.0. The fourth-order valence-electron chi connectivity index (χ4n) is 4.50. The fraction of sp³-hybridized carbons (Fsp3) is 0.393. The average molecular weight is 471 g/mol. The molecular weight excluding hydrogens is 440 g/mol. The highest BCUT2D eigenvalue weighted by Crippen LogP contribution is 2.28. The van der Waals surface area contributed by atoms with Gasteiger partial charge in [-0.3, -0.25) is 4.90 Å². The number of nitrogens with zero attached hydrogens (tertiary/aromatic N) is 4. The Balaban J connectivity index is 1.24. The first kappa shape index (κ1) is 23.4. The highest BCUT2D eigenvalue weighted by atomic mass is 16.5. The Kier molecular flexibility index (Phi) is 7.34. The van der Waals surface area contributed by atoms with Gasteiger partial charge in [0.25, 0.3) is 0 Å². The van der Waals surface area contributed by atoms with E-state index in [1.165, 1.54) is 11.1 Å². The van der Waals surface area contributed by atoms with E-state index in [0.29, 0.717) is 37.1 Å². The molecule has 3 heterocycles. The topological polar surface area (TPSA) is 80.5 Å². The highest BCUT2D eigenvalue weighted by Gasteiger charge is 2.25. The van der Waals surface area contributed by atoms with Gasteiger partial charge in [0.1, 0.15) is 23.7 Å². The van der Waals surface area contributed by atoms with Gasteiger partial charge in [0.05, 0.1) is 30.6 Å². The molecule has 0 unspecified atom stereocenters. The molecule has 0 radical (unpaired) electrons. The van der Waals surface area contributed by atoms with Gasteiger partial charge in [-0.15, -0.1) is 0 Å². The van der Waals surface area contributed by atoms with Crippen LogP contribution in [0, 0.1) is 11.3 Å². The predicted molar refractivity (Wildman–Crippen MR) is 132 cm³/mol. The molecule has 0 N–H and O–H groups in total. The number of hydrogen-bond acceptors (Lipinski definition) is 7. The third-order valence-corrected chi connectivity index (χ3v) is 6.61. The van der Waals surface area contributed by atoms with Gasteiger partial charge in [0, 0.05) is 57.8 Å². The minimum absolute atomic E-state index is 0.0897. The second-order valence-corrected chi connectivity index (χ2v) is 9.16. The van der Waals surface area contributed by atoms with Crippen molar-refractivity contribution in [2.45, 2.75) is 38.0 Å². The number of nitriles is 1. The minimum atomic E-state index is 0.0897. The summed E-state index contributed by atoms with van der Waals surface area (Å²) in [7, 11) is 1.77. The Labute approximate surface area is 206 Å². The van der Waals surface area contributed by atoms with E-state index in [1.54, 1.807) is 13.3 Å². The maximum atomic E-state index is 9.69. The van der Waals surface area contributed by atoms with Crippen molar-refractivity contribution in [3.8, 4) is 23.1 Å². The number of hydrogen-bond donors (Lipinski definition) is 0.